The molecule has 3 saturated heterocycles. The van der Waals surface area contributed by atoms with Crippen LogP contribution >= 0.6 is 0 Å². The number of halogens is 3. The highest BCUT2D eigenvalue weighted by molar-refractivity contribution is 5.89. The first kappa shape index (κ1) is 28.2. The summed E-state index contributed by atoms with van der Waals surface area (Å²) in [6.45, 7) is 7.09. The van der Waals surface area contributed by atoms with E-state index in [9.17, 15) is 32.8 Å². The van der Waals surface area contributed by atoms with Crippen LogP contribution < -0.4 is 5.32 Å². The molecule has 216 valence electrons. The van der Waals surface area contributed by atoms with E-state index in [0.29, 0.717) is 19.4 Å². The van der Waals surface area contributed by atoms with Crippen molar-refractivity contribution in [3.05, 3.63) is 35.4 Å². The van der Waals surface area contributed by atoms with Crippen LogP contribution in [0.2, 0.25) is 0 Å². The van der Waals surface area contributed by atoms with E-state index >= 15 is 0 Å². The number of piperazine rings is 1. The molecule has 1 aromatic rings. The molecule has 7 atom stereocenters. The summed E-state index contributed by atoms with van der Waals surface area (Å²) in [5, 5.41) is 12.3. The summed E-state index contributed by atoms with van der Waals surface area (Å²) in [4.78, 5) is 44.8. The van der Waals surface area contributed by atoms with Crippen molar-refractivity contribution in [2.45, 2.75) is 95.0 Å². The predicted octanol–water partition coefficient (Wildman–Crippen LogP) is 3.46. The molecular weight excluding hydrogens is 527 g/mol. The van der Waals surface area contributed by atoms with Gasteiger partial charge in [-0.2, -0.15) is 18.4 Å². The van der Waals surface area contributed by atoms with E-state index in [4.69, 9.17) is 4.74 Å². The molecule has 12 heteroatoms. The molecule has 0 radical (unpaired) electrons. The van der Waals surface area contributed by atoms with Crippen LogP contribution in [0.1, 0.15) is 64.1 Å². The number of ether oxygens (including phenoxy) is 1. The maximum absolute atomic E-state index is 13.7. The number of nitriles is 1. The lowest BCUT2D eigenvalue weighted by atomic mass is 9.99. The summed E-state index contributed by atoms with van der Waals surface area (Å²) >= 11 is 0. The largest absolute Gasteiger partial charge is 0.444 e. The Morgan fingerprint density at radius 1 is 1.18 bits per heavy atom. The van der Waals surface area contributed by atoms with Gasteiger partial charge >= 0.3 is 12.3 Å². The van der Waals surface area contributed by atoms with Gasteiger partial charge < -0.3 is 19.9 Å². The molecule has 3 heterocycles. The summed E-state index contributed by atoms with van der Waals surface area (Å²) in [6, 6.07) is 4.08. The fraction of sp³-hybridized carbons (Fsp3) is 0.643. The molecule has 0 aromatic heterocycles. The molecule has 40 heavy (non-hydrogen) atoms. The van der Waals surface area contributed by atoms with E-state index in [1.165, 1.54) is 23.1 Å². The monoisotopic (exact) mass is 561 g/mol. The first-order valence-electron chi connectivity index (χ1n) is 13.6. The van der Waals surface area contributed by atoms with Crippen molar-refractivity contribution in [2.75, 3.05) is 13.1 Å². The zero-order valence-electron chi connectivity index (χ0n) is 22.9. The fourth-order valence-electron chi connectivity index (χ4n) is 6.61. The topological polar surface area (TPSA) is 106 Å². The molecule has 2 bridgehead atoms. The van der Waals surface area contributed by atoms with Crippen LogP contribution in [0.5, 0.6) is 0 Å². The number of carbonyl (C=O) groups excluding carboxylic acids is 3. The second-order valence-corrected chi connectivity index (χ2v) is 12.3. The van der Waals surface area contributed by atoms with Gasteiger partial charge in [-0.25, -0.2) is 4.79 Å². The van der Waals surface area contributed by atoms with E-state index in [2.05, 4.69) is 11.4 Å². The van der Waals surface area contributed by atoms with Crippen LogP contribution in [0.25, 0.3) is 0 Å². The highest BCUT2D eigenvalue weighted by Crippen LogP contribution is 2.48. The number of nitrogens with one attached hydrogen (secondary N) is 1. The molecule has 5 rings (SSSR count). The van der Waals surface area contributed by atoms with E-state index in [1.807, 2.05) is 4.90 Å². The highest BCUT2D eigenvalue weighted by atomic mass is 19.4. The number of alkyl carbamates (subject to hydrolysis) is 1. The number of hydrogen-bond acceptors (Lipinski definition) is 6. The molecule has 4 aliphatic rings. The number of carbonyl (C=O) groups is 3. The van der Waals surface area contributed by atoms with Crippen molar-refractivity contribution in [2.24, 2.45) is 5.92 Å². The van der Waals surface area contributed by atoms with Crippen molar-refractivity contribution >= 4 is 17.9 Å². The smallest absolute Gasteiger partial charge is 0.416 e. The van der Waals surface area contributed by atoms with Gasteiger partial charge in [0.2, 0.25) is 11.8 Å². The molecule has 1 aromatic carbocycles. The molecule has 1 unspecified atom stereocenters. The Bertz CT molecular complexity index is 1240. The third-order valence-corrected chi connectivity index (χ3v) is 8.36. The molecule has 1 saturated carbocycles. The second-order valence-electron chi connectivity index (χ2n) is 12.3. The van der Waals surface area contributed by atoms with Gasteiger partial charge in [0.25, 0.3) is 0 Å². The molecule has 3 amide bonds. The average Bonchev–Trinajstić information content (AvgIpc) is 3.18. The second kappa shape index (κ2) is 9.94. The molecule has 9 nitrogen and oxygen atoms in total. The number of rotatable bonds is 6. The van der Waals surface area contributed by atoms with Gasteiger partial charge in [0, 0.05) is 25.2 Å². The summed E-state index contributed by atoms with van der Waals surface area (Å²) in [5.41, 5.74) is -1.52. The van der Waals surface area contributed by atoms with Crippen molar-refractivity contribution in [3.8, 4) is 6.07 Å². The number of alkyl halides is 3. The molecule has 1 aliphatic carbocycles. The lowest BCUT2D eigenvalue weighted by Crippen LogP contribution is -2.59. The minimum atomic E-state index is -4.54. The van der Waals surface area contributed by atoms with E-state index in [-0.39, 0.29) is 41.9 Å². The summed E-state index contributed by atoms with van der Waals surface area (Å²) in [6.07, 6.45) is -3.48. The maximum Gasteiger partial charge on any atom is 0.416 e. The SMILES string of the molecule is C[C@@H](c1ccccc1C(F)(F)F)N1C(=O)[C@@H]2CC1CN2C[C@H](NC(=O)OC(C)(C)C)C(=O)N1[C@H](C#N)C[C@@H]2C[C@@H]21. The van der Waals surface area contributed by atoms with Crippen LogP contribution in [0, 0.1) is 17.2 Å². The molecular formula is C28H34F3N5O4. The number of nitrogens with zero attached hydrogens (tertiary/aromatic N) is 4. The van der Waals surface area contributed by atoms with Crippen LogP contribution in [0.4, 0.5) is 18.0 Å². The van der Waals surface area contributed by atoms with Crippen molar-refractivity contribution in [1.29, 1.82) is 5.26 Å². The maximum atomic E-state index is 13.7. The first-order chi connectivity index (χ1) is 18.7. The van der Waals surface area contributed by atoms with Gasteiger partial charge in [-0.3, -0.25) is 14.5 Å². The number of likely N-dealkylation sites (tertiary alicyclic amines) is 3. The van der Waals surface area contributed by atoms with E-state index in [1.54, 1.807) is 32.6 Å². The number of benzene rings is 1. The van der Waals surface area contributed by atoms with Gasteiger partial charge in [0.05, 0.1) is 23.7 Å². The molecule has 0 spiro atoms. The molecule has 1 N–H and O–H groups in total. The van der Waals surface area contributed by atoms with E-state index < -0.39 is 47.6 Å². The zero-order chi connectivity index (χ0) is 29.1. The van der Waals surface area contributed by atoms with Crippen LogP contribution in [0.3, 0.4) is 0 Å². The number of fused-ring (bicyclic) bond motifs is 3. The summed E-state index contributed by atoms with van der Waals surface area (Å²) in [5.74, 6) is -0.403. The average molecular weight is 562 g/mol. The van der Waals surface area contributed by atoms with Gasteiger partial charge in [0.15, 0.2) is 0 Å². The quantitative estimate of drug-likeness (QED) is 0.571. The van der Waals surface area contributed by atoms with Gasteiger partial charge in [-0.05, 0) is 64.5 Å². The fourth-order valence-corrected chi connectivity index (χ4v) is 6.61. The Kier molecular flexibility index (Phi) is 7.01. The third-order valence-electron chi connectivity index (χ3n) is 8.36. The predicted molar refractivity (Wildman–Crippen MR) is 136 cm³/mol. The zero-order valence-corrected chi connectivity index (χ0v) is 22.9. The minimum Gasteiger partial charge on any atom is -0.444 e. The van der Waals surface area contributed by atoms with Crippen LogP contribution in [0.15, 0.2) is 24.3 Å². The van der Waals surface area contributed by atoms with E-state index in [0.717, 1.165) is 12.5 Å². The Balaban J connectivity index is 1.33. The third kappa shape index (κ3) is 5.23. The lowest BCUT2D eigenvalue weighted by molar-refractivity contribution is -0.144. The highest BCUT2D eigenvalue weighted by Gasteiger charge is 2.57. The first-order valence-corrected chi connectivity index (χ1v) is 13.6. The molecule has 4 fully saturated rings. The Hall–Kier alpha value is -3.33. The number of piperidine rings is 1. The van der Waals surface area contributed by atoms with Gasteiger partial charge in [-0.1, -0.05) is 18.2 Å². The Morgan fingerprint density at radius 2 is 1.88 bits per heavy atom. The minimum absolute atomic E-state index is 0.0261. The van der Waals surface area contributed by atoms with Crippen molar-refractivity contribution < 1.29 is 32.3 Å². The summed E-state index contributed by atoms with van der Waals surface area (Å²) in [7, 11) is 0. The van der Waals surface area contributed by atoms with Crippen molar-refractivity contribution in [1.82, 2.24) is 20.0 Å². The Morgan fingerprint density at radius 3 is 2.50 bits per heavy atom. The standard InChI is InChI=1S/C28H34F3N5O4/c1-15(19-7-5-6-8-20(19)28(29,30)31)35-18-11-23(25(35)38)34(13-18)14-21(33-26(39)40-27(2,3)4)24(37)36-17(12-32)9-16-10-22(16)36/h5-8,15-18,21-23H,9-11,13-14H2,1-4H3,(H,33,39)/t15-,16+,17-,18?,21-,22-,23-/m0/s1. The van der Waals surface area contributed by atoms with Crippen LogP contribution in [-0.4, -0.2) is 81.5 Å². The normalized spacial score (nSPS) is 29.1. The molecule has 3 aliphatic heterocycles. The Labute approximate surface area is 231 Å². The van der Waals surface area contributed by atoms with Gasteiger partial charge in [0.1, 0.15) is 17.7 Å². The van der Waals surface area contributed by atoms with Crippen molar-refractivity contribution in [3.63, 3.8) is 0 Å². The summed E-state index contributed by atoms with van der Waals surface area (Å²) < 4.78 is 46.4. The number of amides is 3. The van der Waals surface area contributed by atoms with Gasteiger partial charge in [-0.15, -0.1) is 0 Å². The number of hydrogen-bond donors (Lipinski definition) is 1. The van der Waals surface area contributed by atoms with Crippen LogP contribution in [-0.2, 0) is 20.5 Å². The lowest BCUT2D eigenvalue weighted by Gasteiger charge is -2.39.